The second kappa shape index (κ2) is 6.77. The summed E-state index contributed by atoms with van der Waals surface area (Å²) in [7, 11) is 1.64. The van der Waals surface area contributed by atoms with E-state index in [9.17, 15) is 9.18 Å². The van der Waals surface area contributed by atoms with Gasteiger partial charge in [-0.2, -0.15) is 0 Å². The fourth-order valence-corrected chi connectivity index (χ4v) is 4.21. The molecule has 2 atom stereocenters. The van der Waals surface area contributed by atoms with Crippen molar-refractivity contribution in [3.8, 4) is 0 Å². The molecule has 0 radical (unpaired) electrons. The van der Waals surface area contributed by atoms with Gasteiger partial charge in [0.05, 0.1) is 35.5 Å². The smallest absolute Gasteiger partial charge is 0.270 e. The molecule has 0 aromatic carbocycles. The van der Waals surface area contributed by atoms with Gasteiger partial charge in [-0.3, -0.25) is 9.78 Å². The third-order valence-electron chi connectivity index (χ3n) is 6.29. The van der Waals surface area contributed by atoms with Crippen LogP contribution in [0, 0.1) is 5.82 Å². The number of halogens is 1. The van der Waals surface area contributed by atoms with Crippen molar-refractivity contribution in [2.45, 2.75) is 51.4 Å². The van der Waals surface area contributed by atoms with E-state index >= 15 is 0 Å². The van der Waals surface area contributed by atoms with Gasteiger partial charge < -0.3 is 20.4 Å². The number of carbonyl (C=O) groups excluding carboxylic acids is 1. The molecule has 0 spiro atoms. The van der Waals surface area contributed by atoms with E-state index in [-0.39, 0.29) is 23.5 Å². The molecule has 2 aliphatic rings. The summed E-state index contributed by atoms with van der Waals surface area (Å²) in [6, 6.07) is 2.71. The quantitative estimate of drug-likeness (QED) is 0.679. The highest BCUT2D eigenvalue weighted by Crippen LogP contribution is 2.40. The number of hydrogen-bond acceptors (Lipinski definition) is 5. The minimum atomic E-state index is -0.524. The maximum atomic E-state index is 14.7. The van der Waals surface area contributed by atoms with Gasteiger partial charge in [-0.25, -0.2) is 9.37 Å². The van der Waals surface area contributed by atoms with Crippen molar-refractivity contribution in [3.05, 3.63) is 52.2 Å². The van der Waals surface area contributed by atoms with Crippen molar-refractivity contribution in [2.24, 2.45) is 0 Å². The molecule has 3 aromatic heterocycles. The first-order valence-corrected chi connectivity index (χ1v) is 10.2. The lowest BCUT2D eigenvalue weighted by Gasteiger charge is -2.24. The van der Waals surface area contributed by atoms with Gasteiger partial charge in [-0.15, -0.1) is 0 Å². The Morgan fingerprint density at radius 2 is 2.17 bits per heavy atom. The van der Waals surface area contributed by atoms with Crippen molar-refractivity contribution in [3.63, 3.8) is 0 Å². The van der Waals surface area contributed by atoms with Crippen molar-refractivity contribution in [2.75, 3.05) is 12.8 Å². The van der Waals surface area contributed by atoms with Crippen LogP contribution in [0.2, 0.25) is 0 Å². The van der Waals surface area contributed by atoms with Crippen LogP contribution in [0.5, 0.6) is 0 Å². The summed E-state index contributed by atoms with van der Waals surface area (Å²) in [5.74, 6) is 0.202. The monoisotopic (exact) mass is 409 g/mol. The molecule has 4 heterocycles. The number of nitrogen functional groups attached to an aromatic ring is 1. The van der Waals surface area contributed by atoms with Gasteiger partial charge in [0.1, 0.15) is 17.3 Å². The number of pyridine rings is 2. The summed E-state index contributed by atoms with van der Waals surface area (Å²) in [6.45, 7) is 4.12. The zero-order valence-corrected chi connectivity index (χ0v) is 17.2. The number of hydrogen-bond donors (Lipinski definition) is 2. The first-order valence-electron chi connectivity index (χ1n) is 10.2. The number of nitrogens with zero attached hydrogens (tertiary/aromatic N) is 3. The van der Waals surface area contributed by atoms with Crippen LogP contribution >= 0.6 is 0 Å². The molecule has 5 rings (SSSR count). The van der Waals surface area contributed by atoms with Crippen LogP contribution in [0.1, 0.15) is 77.6 Å². The maximum absolute atomic E-state index is 14.7. The number of nitrogens with one attached hydrogen (secondary N) is 1. The third kappa shape index (κ3) is 2.94. The number of anilines is 1. The average Bonchev–Trinajstić information content (AvgIpc) is 3.37. The lowest BCUT2D eigenvalue weighted by atomic mass is 10.1. The molecule has 1 saturated carbocycles. The van der Waals surface area contributed by atoms with Crippen LogP contribution in [0.4, 0.5) is 10.2 Å². The number of aromatic nitrogens is 3. The Bertz CT molecular complexity index is 1170. The molecule has 7 nitrogen and oxygen atoms in total. The van der Waals surface area contributed by atoms with E-state index in [2.05, 4.69) is 15.0 Å². The van der Waals surface area contributed by atoms with Gasteiger partial charge in [-0.1, -0.05) is 0 Å². The Morgan fingerprint density at radius 3 is 2.87 bits per heavy atom. The van der Waals surface area contributed by atoms with Gasteiger partial charge in [0.15, 0.2) is 0 Å². The number of fused-ring (bicyclic) bond motifs is 3. The van der Waals surface area contributed by atoms with Gasteiger partial charge in [0.25, 0.3) is 5.91 Å². The van der Waals surface area contributed by atoms with Crippen LogP contribution in [0.25, 0.3) is 11.0 Å². The number of rotatable bonds is 4. The summed E-state index contributed by atoms with van der Waals surface area (Å²) in [5.41, 5.74) is 10.8. The minimum absolute atomic E-state index is 0.130. The summed E-state index contributed by atoms with van der Waals surface area (Å²) in [4.78, 5) is 26.5. The van der Waals surface area contributed by atoms with E-state index < -0.39 is 6.04 Å². The summed E-state index contributed by atoms with van der Waals surface area (Å²) in [6.07, 6.45) is 3.77. The highest BCUT2D eigenvalue weighted by molar-refractivity contribution is 5.98. The number of ether oxygens (including phenoxy) is 1. The molecule has 1 amide bonds. The van der Waals surface area contributed by atoms with Crippen LogP contribution in [-0.4, -0.2) is 32.8 Å². The van der Waals surface area contributed by atoms with E-state index in [4.69, 9.17) is 10.5 Å². The molecular weight excluding hydrogens is 385 g/mol. The highest BCUT2D eigenvalue weighted by atomic mass is 19.1. The van der Waals surface area contributed by atoms with Crippen LogP contribution in [0.3, 0.4) is 0 Å². The van der Waals surface area contributed by atoms with Gasteiger partial charge in [0, 0.05) is 24.4 Å². The largest absolute Gasteiger partial charge is 0.383 e. The molecule has 3 N–H and O–H groups in total. The average molecular weight is 409 g/mol. The Morgan fingerprint density at radius 1 is 1.40 bits per heavy atom. The molecule has 156 valence electrons. The van der Waals surface area contributed by atoms with E-state index in [1.807, 2.05) is 6.92 Å². The first-order chi connectivity index (χ1) is 14.3. The number of amides is 1. The zero-order valence-electron chi connectivity index (χ0n) is 17.2. The summed E-state index contributed by atoms with van der Waals surface area (Å²) in [5, 5.41) is 0. The first kappa shape index (κ1) is 19.0. The van der Waals surface area contributed by atoms with Crippen LogP contribution in [0.15, 0.2) is 18.3 Å². The van der Waals surface area contributed by atoms with Gasteiger partial charge in [-0.05, 0) is 50.3 Å². The molecule has 8 heteroatoms. The maximum Gasteiger partial charge on any atom is 0.270 e. The second-order valence-corrected chi connectivity index (χ2v) is 8.29. The predicted octanol–water partition coefficient (Wildman–Crippen LogP) is 3.98. The lowest BCUT2D eigenvalue weighted by Crippen LogP contribution is -2.31. The molecule has 0 unspecified atom stereocenters. The topological polar surface area (TPSA) is 97.1 Å². The van der Waals surface area contributed by atoms with E-state index in [1.54, 1.807) is 32.3 Å². The number of aromatic amines is 1. The van der Waals surface area contributed by atoms with E-state index in [0.29, 0.717) is 29.6 Å². The number of carbonyl (C=O) groups is 1. The molecule has 1 aliphatic heterocycles. The Kier molecular flexibility index (Phi) is 4.28. The van der Waals surface area contributed by atoms with E-state index in [0.717, 1.165) is 35.0 Å². The molecular formula is C22H24FN5O2. The molecule has 1 aliphatic carbocycles. The molecule has 0 saturated heterocycles. The molecule has 3 aromatic rings. The fraction of sp³-hybridized carbons (Fsp3) is 0.409. The fourth-order valence-electron chi connectivity index (χ4n) is 4.21. The van der Waals surface area contributed by atoms with Gasteiger partial charge in [0.2, 0.25) is 0 Å². The number of nitrogens with two attached hydrogens (primary N) is 1. The normalized spacial score (nSPS) is 19.1. The van der Waals surface area contributed by atoms with Crippen LogP contribution in [-0.2, 0) is 11.3 Å². The Balaban J connectivity index is 1.45. The second-order valence-electron chi connectivity index (χ2n) is 8.29. The molecule has 30 heavy (non-hydrogen) atoms. The Hall–Kier alpha value is -3.00. The predicted molar refractivity (Wildman–Crippen MR) is 110 cm³/mol. The van der Waals surface area contributed by atoms with Crippen LogP contribution < -0.4 is 5.73 Å². The SMILES string of the molecule is C[C@H](c1ncc(C2CC2)cc1F)N(C)C(=O)c1cc2nc(N)c3c(c2[nH]1)CO[C@@H]3C. The van der Waals surface area contributed by atoms with Crippen molar-refractivity contribution in [1.29, 1.82) is 0 Å². The lowest BCUT2D eigenvalue weighted by molar-refractivity contribution is 0.0731. The zero-order chi connectivity index (χ0) is 21.2. The van der Waals surface area contributed by atoms with Crippen molar-refractivity contribution >= 4 is 22.8 Å². The van der Waals surface area contributed by atoms with E-state index in [1.165, 1.54) is 4.90 Å². The standard InChI is InChI=1S/C22H24FN5O2/c1-10(19-15(23)6-13(8-25-19)12-4-5-12)28(3)22(29)17-7-16-20(26-17)14-9-30-11(2)18(14)21(24)27-16/h6-8,10-12,26H,4-5,9H2,1-3H3,(H2,24,27)/t10-,11-/m1/s1. The molecule has 0 bridgehead atoms. The summed E-state index contributed by atoms with van der Waals surface area (Å²) < 4.78 is 20.4. The third-order valence-corrected chi connectivity index (χ3v) is 6.29. The summed E-state index contributed by atoms with van der Waals surface area (Å²) >= 11 is 0. The highest BCUT2D eigenvalue weighted by Gasteiger charge is 2.30. The number of H-pyrrole nitrogens is 1. The minimum Gasteiger partial charge on any atom is -0.383 e. The van der Waals surface area contributed by atoms with Gasteiger partial charge >= 0.3 is 0 Å². The van der Waals surface area contributed by atoms with Crippen molar-refractivity contribution in [1.82, 2.24) is 19.9 Å². The Labute approximate surface area is 173 Å². The van der Waals surface area contributed by atoms with Crippen molar-refractivity contribution < 1.29 is 13.9 Å². The molecule has 1 fully saturated rings.